The van der Waals surface area contributed by atoms with Crippen molar-refractivity contribution in [1.29, 1.82) is 0 Å². The SMILES string of the molecule is C=C(C(=O)OCC)c1c(CCCC)cc(C(=O)OCC)cc1CCCC. The van der Waals surface area contributed by atoms with Crippen LogP contribution in [0, 0.1) is 0 Å². The predicted octanol–water partition coefficient (Wildman–Crippen LogP) is 5.12. The molecule has 0 aliphatic heterocycles. The van der Waals surface area contributed by atoms with Crippen LogP contribution in [0.5, 0.6) is 0 Å². The van der Waals surface area contributed by atoms with E-state index < -0.39 is 5.97 Å². The van der Waals surface area contributed by atoms with E-state index in [0.29, 0.717) is 24.4 Å². The van der Waals surface area contributed by atoms with Gasteiger partial charge in [0.2, 0.25) is 0 Å². The first kappa shape index (κ1) is 21.9. The summed E-state index contributed by atoms with van der Waals surface area (Å²) >= 11 is 0. The number of benzene rings is 1. The Balaban J connectivity index is 3.46. The minimum absolute atomic E-state index is 0.313. The molecule has 0 heterocycles. The fourth-order valence-corrected chi connectivity index (χ4v) is 2.94. The van der Waals surface area contributed by atoms with Crippen molar-refractivity contribution in [3.05, 3.63) is 41.0 Å². The van der Waals surface area contributed by atoms with Crippen molar-refractivity contribution in [2.75, 3.05) is 13.2 Å². The first-order valence-electron chi connectivity index (χ1n) is 9.69. The summed E-state index contributed by atoms with van der Waals surface area (Å²) in [7, 11) is 0. The molecule has 0 radical (unpaired) electrons. The molecule has 0 spiro atoms. The highest BCUT2D eigenvalue weighted by Gasteiger charge is 2.21. The van der Waals surface area contributed by atoms with Crippen LogP contribution in [0.2, 0.25) is 0 Å². The zero-order valence-corrected chi connectivity index (χ0v) is 16.7. The molecule has 0 saturated carbocycles. The summed E-state index contributed by atoms with van der Waals surface area (Å²) in [6, 6.07) is 3.70. The Hall–Kier alpha value is -2.10. The van der Waals surface area contributed by atoms with Gasteiger partial charge < -0.3 is 9.47 Å². The number of aryl methyl sites for hydroxylation is 2. The summed E-state index contributed by atoms with van der Waals surface area (Å²) in [5, 5.41) is 0. The van der Waals surface area contributed by atoms with Gasteiger partial charge in [-0.15, -0.1) is 0 Å². The average molecular weight is 360 g/mol. The molecular formula is C22H32O4. The second-order valence-corrected chi connectivity index (χ2v) is 6.30. The molecule has 0 aliphatic rings. The highest BCUT2D eigenvalue weighted by molar-refractivity contribution is 6.16. The van der Waals surface area contributed by atoms with Crippen molar-refractivity contribution in [3.8, 4) is 0 Å². The summed E-state index contributed by atoms with van der Waals surface area (Å²) in [5.41, 5.74) is 3.71. The van der Waals surface area contributed by atoms with E-state index in [4.69, 9.17) is 9.47 Å². The van der Waals surface area contributed by atoms with E-state index in [-0.39, 0.29) is 5.97 Å². The molecule has 0 aromatic heterocycles. The third-order valence-corrected chi connectivity index (χ3v) is 4.24. The Labute approximate surface area is 157 Å². The van der Waals surface area contributed by atoms with Crippen molar-refractivity contribution < 1.29 is 19.1 Å². The van der Waals surface area contributed by atoms with Gasteiger partial charge >= 0.3 is 11.9 Å². The largest absolute Gasteiger partial charge is 0.462 e. The molecule has 0 aliphatic carbocycles. The number of ether oxygens (including phenoxy) is 2. The van der Waals surface area contributed by atoms with E-state index in [2.05, 4.69) is 20.4 Å². The van der Waals surface area contributed by atoms with Gasteiger partial charge in [0.1, 0.15) is 0 Å². The van der Waals surface area contributed by atoms with Crippen molar-refractivity contribution in [2.24, 2.45) is 0 Å². The monoisotopic (exact) mass is 360 g/mol. The molecule has 144 valence electrons. The van der Waals surface area contributed by atoms with Crippen LogP contribution in [-0.2, 0) is 27.1 Å². The zero-order valence-electron chi connectivity index (χ0n) is 16.7. The number of carbonyl (C=O) groups is 2. The lowest BCUT2D eigenvalue weighted by Crippen LogP contribution is -2.13. The van der Waals surface area contributed by atoms with Crippen molar-refractivity contribution >= 4 is 17.5 Å². The van der Waals surface area contributed by atoms with Crippen molar-refractivity contribution in [2.45, 2.75) is 66.2 Å². The zero-order chi connectivity index (χ0) is 19.5. The van der Waals surface area contributed by atoms with Gasteiger partial charge in [0.05, 0.1) is 24.4 Å². The Kier molecular flexibility index (Phi) is 9.71. The van der Waals surface area contributed by atoms with Gasteiger partial charge in [0, 0.05) is 0 Å². The Morgan fingerprint density at radius 2 is 1.38 bits per heavy atom. The van der Waals surface area contributed by atoms with Crippen LogP contribution < -0.4 is 0 Å². The number of unbranched alkanes of at least 4 members (excludes halogenated alkanes) is 2. The predicted molar refractivity (Wildman–Crippen MR) is 105 cm³/mol. The van der Waals surface area contributed by atoms with Crippen LogP contribution in [0.4, 0.5) is 0 Å². The number of hydrogen-bond acceptors (Lipinski definition) is 4. The lowest BCUT2D eigenvalue weighted by atomic mass is 9.88. The summed E-state index contributed by atoms with van der Waals surface area (Å²) in [4.78, 5) is 24.6. The third kappa shape index (κ3) is 6.01. The highest BCUT2D eigenvalue weighted by Crippen LogP contribution is 2.29. The van der Waals surface area contributed by atoms with Crippen molar-refractivity contribution in [1.82, 2.24) is 0 Å². The molecule has 4 nitrogen and oxygen atoms in total. The second kappa shape index (κ2) is 11.5. The van der Waals surface area contributed by atoms with Gasteiger partial charge in [-0.1, -0.05) is 33.3 Å². The lowest BCUT2D eigenvalue weighted by molar-refractivity contribution is -0.136. The van der Waals surface area contributed by atoms with E-state index in [1.807, 2.05) is 12.1 Å². The van der Waals surface area contributed by atoms with Gasteiger partial charge in [-0.25, -0.2) is 9.59 Å². The van der Waals surface area contributed by atoms with Gasteiger partial charge in [-0.3, -0.25) is 0 Å². The molecular weight excluding hydrogens is 328 g/mol. The maximum Gasteiger partial charge on any atom is 0.338 e. The molecule has 0 fully saturated rings. The molecule has 1 aromatic rings. The molecule has 0 N–H and O–H groups in total. The second-order valence-electron chi connectivity index (χ2n) is 6.30. The molecule has 0 unspecified atom stereocenters. The topological polar surface area (TPSA) is 52.6 Å². The van der Waals surface area contributed by atoms with Gasteiger partial charge in [0.15, 0.2) is 0 Å². The number of carbonyl (C=O) groups excluding carboxylic acids is 2. The summed E-state index contributed by atoms with van der Waals surface area (Å²) in [6.45, 7) is 12.5. The van der Waals surface area contributed by atoms with Crippen molar-refractivity contribution in [3.63, 3.8) is 0 Å². The minimum atomic E-state index is -0.396. The van der Waals surface area contributed by atoms with Gasteiger partial charge in [-0.2, -0.15) is 0 Å². The average Bonchev–Trinajstić information content (AvgIpc) is 2.63. The fourth-order valence-electron chi connectivity index (χ4n) is 2.94. The third-order valence-electron chi connectivity index (χ3n) is 4.24. The lowest BCUT2D eigenvalue weighted by Gasteiger charge is -2.18. The smallest absolute Gasteiger partial charge is 0.338 e. The maximum atomic E-state index is 12.3. The van der Waals surface area contributed by atoms with E-state index >= 15 is 0 Å². The van der Waals surface area contributed by atoms with Crippen LogP contribution in [0.25, 0.3) is 5.57 Å². The fraction of sp³-hybridized carbons (Fsp3) is 0.545. The van der Waals surface area contributed by atoms with E-state index in [9.17, 15) is 9.59 Å². The first-order chi connectivity index (χ1) is 12.5. The molecule has 0 amide bonds. The van der Waals surface area contributed by atoms with E-state index in [1.165, 1.54) is 0 Å². The standard InChI is InChI=1S/C22H32O4/c1-6-10-12-17-14-19(22(24)26-9-4)15-18(13-11-7-2)20(17)16(5)21(23)25-8-3/h14-15H,5-13H2,1-4H3. The van der Waals surface area contributed by atoms with Crippen LogP contribution in [0.15, 0.2) is 18.7 Å². The summed E-state index contributed by atoms with van der Waals surface area (Å²) < 4.78 is 10.3. The maximum absolute atomic E-state index is 12.3. The Bertz CT molecular complexity index is 602. The number of hydrogen-bond donors (Lipinski definition) is 0. The van der Waals surface area contributed by atoms with E-state index in [1.54, 1.807) is 13.8 Å². The van der Waals surface area contributed by atoms with Crippen LogP contribution in [-0.4, -0.2) is 25.2 Å². The molecule has 0 saturated heterocycles. The number of esters is 2. The van der Waals surface area contributed by atoms with Crippen LogP contribution in [0.3, 0.4) is 0 Å². The molecule has 26 heavy (non-hydrogen) atoms. The first-order valence-corrected chi connectivity index (χ1v) is 9.69. The Morgan fingerprint density at radius 3 is 1.81 bits per heavy atom. The van der Waals surface area contributed by atoms with Gasteiger partial charge in [-0.05, 0) is 68.4 Å². The molecule has 0 atom stereocenters. The molecule has 4 heteroatoms. The minimum Gasteiger partial charge on any atom is -0.462 e. The summed E-state index contributed by atoms with van der Waals surface area (Å²) in [6.07, 6.45) is 5.58. The number of rotatable bonds is 11. The normalized spacial score (nSPS) is 10.5. The molecule has 1 aromatic carbocycles. The molecule has 0 bridgehead atoms. The highest BCUT2D eigenvalue weighted by atomic mass is 16.5. The quantitative estimate of drug-likeness (QED) is 0.406. The summed E-state index contributed by atoms with van der Waals surface area (Å²) in [5.74, 6) is -0.719. The van der Waals surface area contributed by atoms with Crippen LogP contribution in [0.1, 0.15) is 80.4 Å². The van der Waals surface area contributed by atoms with Crippen LogP contribution >= 0.6 is 0 Å². The Morgan fingerprint density at radius 1 is 0.885 bits per heavy atom. The van der Waals surface area contributed by atoms with E-state index in [0.717, 1.165) is 55.2 Å². The van der Waals surface area contributed by atoms with Gasteiger partial charge in [0.25, 0.3) is 0 Å². The molecule has 1 rings (SSSR count).